The van der Waals surface area contributed by atoms with Gasteiger partial charge < -0.3 is 19.4 Å². The van der Waals surface area contributed by atoms with Crippen LogP contribution in [0.25, 0.3) is 0 Å². The molecule has 0 saturated carbocycles. The van der Waals surface area contributed by atoms with Gasteiger partial charge in [-0.05, 0) is 83.1 Å². The Hall–Kier alpha value is -2.03. The largest absolute Gasteiger partial charge is 0.472 e. The number of quaternary nitrogens is 1. The molecule has 0 aromatic rings. The van der Waals surface area contributed by atoms with Crippen LogP contribution in [0, 0.1) is 0 Å². The van der Waals surface area contributed by atoms with Gasteiger partial charge in [-0.25, -0.2) is 4.57 Å². The number of phosphoric ester groups is 1. The van der Waals surface area contributed by atoms with E-state index in [2.05, 4.69) is 62.5 Å². The second-order valence-corrected chi connectivity index (χ2v) is 21.5. The molecular formula is C57H108N2O7P+. The third-order valence-electron chi connectivity index (χ3n) is 12.3. The highest BCUT2D eigenvalue weighted by Gasteiger charge is 2.30. The van der Waals surface area contributed by atoms with Crippen LogP contribution in [-0.2, 0) is 27.9 Å². The molecule has 0 aromatic carbocycles. The van der Waals surface area contributed by atoms with Gasteiger partial charge in [0.1, 0.15) is 19.3 Å². The van der Waals surface area contributed by atoms with Crippen LogP contribution in [0.3, 0.4) is 0 Å². The van der Waals surface area contributed by atoms with E-state index in [4.69, 9.17) is 13.8 Å². The number of nitrogens with zero attached hydrogens (tertiary/aromatic N) is 1. The topological polar surface area (TPSA) is 111 Å². The molecule has 0 aliphatic heterocycles. The van der Waals surface area contributed by atoms with Crippen molar-refractivity contribution in [1.82, 2.24) is 5.32 Å². The first-order valence-electron chi connectivity index (χ1n) is 28.0. The predicted octanol–water partition coefficient (Wildman–Crippen LogP) is 16.6. The molecule has 0 rings (SSSR count). The number of rotatable bonds is 50. The Bertz CT molecular complexity index is 1290. The molecule has 0 aromatic heterocycles. The van der Waals surface area contributed by atoms with Crippen molar-refractivity contribution >= 4 is 19.7 Å². The van der Waals surface area contributed by atoms with E-state index in [-0.39, 0.29) is 31.5 Å². The van der Waals surface area contributed by atoms with Crippen molar-refractivity contribution in [2.75, 3.05) is 40.9 Å². The highest BCUT2D eigenvalue weighted by atomic mass is 31.2. The number of hydrogen-bond acceptors (Lipinski definition) is 6. The number of nitrogens with one attached hydrogen (secondary N) is 1. The number of ether oxygens (including phenoxy) is 1. The lowest BCUT2D eigenvalue weighted by Gasteiger charge is -2.27. The van der Waals surface area contributed by atoms with E-state index in [1.54, 1.807) is 0 Å². The number of phosphoric acid groups is 1. The van der Waals surface area contributed by atoms with Gasteiger partial charge in [-0.15, -0.1) is 0 Å². The molecule has 10 heteroatoms. The minimum atomic E-state index is -4.45. The number of carbonyl (C=O) groups is 2. The van der Waals surface area contributed by atoms with E-state index in [0.29, 0.717) is 23.9 Å². The molecule has 0 spiro atoms. The van der Waals surface area contributed by atoms with Crippen LogP contribution in [0.2, 0.25) is 0 Å². The molecule has 1 amide bonds. The number of hydrogen-bond donors (Lipinski definition) is 2. The smallest absolute Gasteiger partial charge is 0.456 e. The number of esters is 1. The summed E-state index contributed by atoms with van der Waals surface area (Å²) in [6, 6.07) is -0.856. The Kier molecular flexibility index (Phi) is 46.2. The molecule has 9 nitrogen and oxygen atoms in total. The maximum absolute atomic E-state index is 13.5. The third-order valence-corrected chi connectivity index (χ3v) is 13.2. The van der Waals surface area contributed by atoms with E-state index in [9.17, 15) is 19.0 Å². The normalized spacial score (nSPS) is 14.2. The van der Waals surface area contributed by atoms with E-state index in [1.807, 2.05) is 33.3 Å². The Morgan fingerprint density at radius 1 is 0.537 bits per heavy atom. The van der Waals surface area contributed by atoms with Gasteiger partial charge in [0.25, 0.3) is 0 Å². The summed E-state index contributed by atoms with van der Waals surface area (Å²) >= 11 is 0. The van der Waals surface area contributed by atoms with Crippen molar-refractivity contribution in [3.8, 4) is 0 Å². The lowest BCUT2D eigenvalue weighted by Crippen LogP contribution is -2.47. The molecule has 0 fully saturated rings. The van der Waals surface area contributed by atoms with Gasteiger partial charge in [-0.3, -0.25) is 18.6 Å². The van der Waals surface area contributed by atoms with Gasteiger partial charge in [0.05, 0.1) is 33.8 Å². The molecule has 0 aliphatic rings. The summed E-state index contributed by atoms with van der Waals surface area (Å²) in [5.74, 6) is -0.530. The quantitative estimate of drug-likeness (QED) is 0.0205. The lowest BCUT2D eigenvalue weighted by atomic mass is 10.0. The van der Waals surface area contributed by atoms with Crippen LogP contribution in [0.15, 0.2) is 48.6 Å². The van der Waals surface area contributed by atoms with E-state index < -0.39 is 20.0 Å². The van der Waals surface area contributed by atoms with Crippen molar-refractivity contribution in [2.24, 2.45) is 0 Å². The molecule has 392 valence electrons. The summed E-state index contributed by atoms with van der Waals surface area (Å²) in [6.45, 7) is 6.89. The number of likely N-dealkylation sites (N-methyl/N-ethyl adjacent to an activating group) is 1. The molecule has 3 atom stereocenters. The second kappa shape index (κ2) is 47.6. The molecule has 0 heterocycles. The summed E-state index contributed by atoms with van der Waals surface area (Å²) in [6.07, 6.45) is 56.7. The van der Waals surface area contributed by atoms with Crippen molar-refractivity contribution in [2.45, 2.75) is 264 Å². The van der Waals surface area contributed by atoms with Crippen molar-refractivity contribution in [3.63, 3.8) is 0 Å². The Morgan fingerprint density at radius 3 is 1.45 bits per heavy atom. The highest BCUT2D eigenvalue weighted by molar-refractivity contribution is 7.47. The molecule has 67 heavy (non-hydrogen) atoms. The summed E-state index contributed by atoms with van der Waals surface area (Å²) in [5, 5.41) is 3.04. The molecular weight excluding hydrogens is 856 g/mol. The zero-order chi connectivity index (χ0) is 49.4. The molecule has 3 unspecified atom stereocenters. The van der Waals surface area contributed by atoms with Gasteiger partial charge >= 0.3 is 13.8 Å². The summed E-state index contributed by atoms with van der Waals surface area (Å²) in [4.78, 5) is 37.5. The van der Waals surface area contributed by atoms with E-state index in [0.717, 1.165) is 89.9 Å². The van der Waals surface area contributed by atoms with Crippen molar-refractivity contribution in [3.05, 3.63) is 48.6 Å². The predicted molar refractivity (Wildman–Crippen MR) is 286 cm³/mol. The van der Waals surface area contributed by atoms with Crippen LogP contribution in [0.4, 0.5) is 0 Å². The number of carbonyl (C=O) groups excluding carboxylic acids is 2. The van der Waals surface area contributed by atoms with Crippen molar-refractivity contribution in [1.29, 1.82) is 0 Å². The number of amides is 1. The first-order chi connectivity index (χ1) is 32.4. The monoisotopic (exact) mass is 964 g/mol. The number of unbranched alkanes of at least 4 members (excludes halogenated alkanes) is 28. The zero-order valence-corrected chi connectivity index (χ0v) is 45.5. The van der Waals surface area contributed by atoms with Crippen LogP contribution in [-0.4, -0.2) is 74.3 Å². The maximum Gasteiger partial charge on any atom is 0.472 e. The summed E-state index contributed by atoms with van der Waals surface area (Å²) < 4.78 is 30.6. The summed E-state index contributed by atoms with van der Waals surface area (Å²) in [7, 11) is 1.48. The second-order valence-electron chi connectivity index (χ2n) is 20.1. The maximum atomic E-state index is 13.5. The molecule has 0 bridgehead atoms. The average Bonchev–Trinajstić information content (AvgIpc) is 3.28. The molecule has 0 aliphatic carbocycles. The van der Waals surface area contributed by atoms with Crippen LogP contribution in [0.5, 0.6) is 0 Å². The fourth-order valence-electron chi connectivity index (χ4n) is 7.91. The van der Waals surface area contributed by atoms with E-state index in [1.165, 1.54) is 122 Å². The average molecular weight is 964 g/mol. The van der Waals surface area contributed by atoms with Crippen molar-refractivity contribution < 1.29 is 37.3 Å². The SMILES string of the molecule is CC/C=C/C/C=C/CCCCCCCCCC(=O)NC(COP(=O)(O)OCC[N+](C)(C)C)C(/C=C/CCCCCCCCCCCCC)OC(=O)CCCCC/C=C\CCCCCCCCC. The highest BCUT2D eigenvalue weighted by Crippen LogP contribution is 2.43. The van der Waals surface area contributed by atoms with Gasteiger partial charge in [0, 0.05) is 12.8 Å². The van der Waals surface area contributed by atoms with Crippen LogP contribution >= 0.6 is 7.82 Å². The van der Waals surface area contributed by atoms with E-state index >= 15 is 0 Å². The van der Waals surface area contributed by atoms with Gasteiger partial charge in [-0.2, -0.15) is 0 Å². The Morgan fingerprint density at radius 2 is 0.955 bits per heavy atom. The standard InChI is InChI=1S/C57H107N2O7P/c1-7-10-13-16-19-22-25-28-31-34-37-40-43-46-49-56(60)58-54(53-65-67(62,63)64-52-51-59(4,5)6)55(48-45-42-39-36-33-30-27-24-21-18-15-12-9-3)66-57(61)50-47-44-41-38-35-32-29-26-23-20-17-14-11-8-2/h10,13,19,22,32,35,45,48,54-55H,7-9,11-12,14-18,20-21,23-31,33-34,36-44,46-47,49-53H2,1-6H3,(H-,58,60,62,63)/p+1/b13-10+,22-19+,35-32-,48-45+. The first kappa shape index (κ1) is 65.0. The van der Waals surface area contributed by atoms with Gasteiger partial charge in [-0.1, -0.05) is 205 Å². The fraction of sp³-hybridized carbons (Fsp3) is 0.825. The Balaban J connectivity index is 5.43. The van der Waals surface area contributed by atoms with Gasteiger partial charge in [0.2, 0.25) is 5.91 Å². The van der Waals surface area contributed by atoms with Crippen LogP contribution in [0.1, 0.15) is 252 Å². The minimum Gasteiger partial charge on any atom is -0.456 e. The fourth-order valence-corrected chi connectivity index (χ4v) is 8.65. The third kappa shape index (κ3) is 48.8. The first-order valence-corrected chi connectivity index (χ1v) is 29.5. The minimum absolute atomic E-state index is 0.0363. The molecule has 0 saturated heterocycles. The van der Waals surface area contributed by atoms with Gasteiger partial charge in [0.15, 0.2) is 0 Å². The zero-order valence-electron chi connectivity index (χ0n) is 44.6. The summed E-state index contributed by atoms with van der Waals surface area (Å²) in [5.41, 5.74) is 0. The number of allylic oxidation sites excluding steroid dienone is 7. The lowest BCUT2D eigenvalue weighted by molar-refractivity contribution is -0.870. The Labute approximate surface area is 414 Å². The van der Waals surface area contributed by atoms with Crippen LogP contribution < -0.4 is 5.32 Å². The molecule has 0 radical (unpaired) electrons. The molecule has 2 N–H and O–H groups in total.